The van der Waals surface area contributed by atoms with E-state index in [2.05, 4.69) is 5.32 Å². The van der Waals surface area contributed by atoms with Crippen molar-refractivity contribution in [3.8, 4) is 17.2 Å². The topological polar surface area (TPSA) is 71.0 Å². The molecule has 1 aromatic carbocycles. The van der Waals surface area contributed by atoms with Crippen LogP contribution in [-0.4, -0.2) is 37.6 Å². The fourth-order valence-corrected chi connectivity index (χ4v) is 1.95. The first kappa shape index (κ1) is 16.6. The number of hydrogen-bond acceptors (Lipinski definition) is 5. The van der Waals surface area contributed by atoms with Gasteiger partial charge in [-0.1, -0.05) is 6.92 Å². The first-order valence-electron chi connectivity index (χ1n) is 6.87. The Labute approximate surface area is 120 Å². The lowest BCUT2D eigenvalue weighted by atomic mass is 10.1. The summed E-state index contributed by atoms with van der Waals surface area (Å²) in [7, 11) is 3.03. The number of phenolic OH excluding ortho intramolecular Hbond substituents is 1. The molecule has 0 radical (unpaired) electrons. The van der Waals surface area contributed by atoms with Gasteiger partial charge >= 0.3 is 0 Å². The number of hydrogen-bond donors (Lipinski definition) is 3. The van der Waals surface area contributed by atoms with E-state index < -0.39 is 0 Å². The number of rotatable bonds is 9. The zero-order valence-electron chi connectivity index (χ0n) is 12.5. The number of ether oxygens (including phenoxy) is 2. The highest BCUT2D eigenvalue weighted by atomic mass is 16.5. The molecule has 1 aromatic rings. The van der Waals surface area contributed by atoms with E-state index in [1.165, 1.54) is 14.2 Å². The first-order valence-corrected chi connectivity index (χ1v) is 6.87. The third-order valence-corrected chi connectivity index (χ3v) is 3.23. The van der Waals surface area contributed by atoms with E-state index in [1.54, 1.807) is 12.1 Å². The number of benzene rings is 1. The molecule has 3 N–H and O–H groups in total. The van der Waals surface area contributed by atoms with Gasteiger partial charge in [0.2, 0.25) is 5.75 Å². The van der Waals surface area contributed by atoms with E-state index in [4.69, 9.17) is 14.6 Å². The Hall–Kier alpha value is -1.46. The summed E-state index contributed by atoms with van der Waals surface area (Å²) in [6.45, 7) is 3.85. The van der Waals surface area contributed by atoms with Gasteiger partial charge in [0.25, 0.3) is 0 Å². The second kappa shape index (κ2) is 8.66. The van der Waals surface area contributed by atoms with Gasteiger partial charge in [-0.25, -0.2) is 0 Å². The zero-order valence-corrected chi connectivity index (χ0v) is 12.5. The fraction of sp³-hybridized carbons (Fsp3) is 0.600. The summed E-state index contributed by atoms with van der Waals surface area (Å²) < 4.78 is 10.2. The van der Waals surface area contributed by atoms with Gasteiger partial charge in [0, 0.05) is 13.2 Å². The van der Waals surface area contributed by atoms with Gasteiger partial charge in [0.15, 0.2) is 11.5 Å². The minimum absolute atomic E-state index is 0.0236. The molecule has 1 rings (SSSR count). The lowest BCUT2D eigenvalue weighted by Crippen LogP contribution is -2.16. The molecule has 1 atom stereocenters. The van der Waals surface area contributed by atoms with Crippen LogP contribution in [0.4, 0.5) is 0 Å². The molecule has 0 saturated carbocycles. The molecule has 0 amide bonds. The summed E-state index contributed by atoms with van der Waals surface area (Å²) in [5, 5.41) is 22.1. The molecule has 0 spiro atoms. The van der Waals surface area contributed by atoms with Gasteiger partial charge in [-0.3, -0.25) is 0 Å². The van der Waals surface area contributed by atoms with Gasteiger partial charge in [-0.2, -0.15) is 0 Å². The van der Waals surface area contributed by atoms with E-state index in [1.807, 2.05) is 6.92 Å². The molecular weight excluding hydrogens is 258 g/mol. The Morgan fingerprint density at radius 2 is 1.80 bits per heavy atom. The van der Waals surface area contributed by atoms with Crippen molar-refractivity contribution in [2.45, 2.75) is 26.3 Å². The van der Waals surface area contributed by atoms with E-state index in [0.717, 1.165) is 24.9 Å². The summed E-state index contributed by atoms with van der Waals surface area (Å²) in [6.07, 6.45) is 2.03. The molecule has 5 nitrogen and oxygen atoms in total. The van der Waals surface area contributed by atoms with Crippen molar-refractivity contribution in [1.82, 2.24) is 5.32 Å². The summed E-state index contributed by atoms with van der Waals surface area (Å²) in [6, 6.07) is 3.59. The second-order valence-corrected chi connectivity index (χ2v) is 4.96. The Bertz CT molecular complexity index is 384. The van der Waals surface area contributed by atoms with Crippen LogP contribution in [0.1, 0.15) is 25.3 Å². The number of methoxy groups -OCH3 is 2. The predicted octanol–water partition coefficient (Wildman–Crippen LogP) is 1.91. The van der Waals surface area contributed by atoms with E-state index >= 15 is 0 Å². The highest BCUT2D eigenvalue weighted by Crippen LogP contribution is 2.36. The van der Waals surface area contributed by atoms with Crippen LogP contribution in [0.5, 0.6) is 17.2 Å². The van der Waals surface area contributed by atoms with Crippen LogP contribution in [0.3, 0.4) is 0 Å². The van der Waals surface area contributed by atoms with Crippen LogP contribution in [0, 0.1) is 5.92 Å². The SMILES string of the molecule is COc1cc(CNCCCC(C)CO)cc(OC)c1O. The maximum atomic E-state index is 9.82. The van der Waals surface area contributed by atoms with Gasteiger partial charge in [-0.15, -0.1) is 0 Å². The molecule has 0 aliphatic heterocycles. The summed E-state index contributed by atoms with van der Waals surface area (Å²) in [5.41, 5.74) is 0.992. The monoisotopic (exact) mass is 283 g/mol. The normalized spacial score (nSPS) is 12.2. The lowest BCUT2D eigenvalue weighted by molar-refractivity contribution is 0.228. The number of aliphatic hydroxyl groups excluding tert-OH is 1. The van der Waals surface area contributed by atoms with Crippen LogP contribution >= 0.6 is 0 Å². The fourth-order valence-electron chi connectivity index (χ4n) is 1.95. The molecule has 0 aliphatic rings. The Balaban J connectivity index is 2.47. The van der Waals surface area contributed by atoms with Crippen molar-refractivity contribution in [1.29, 1.82) is 0 Å². The average Bonchev–Trinajstić information content (AvgIpc) is 2.47. The van der Waals surface area contributed by atoms with Gasteiger partial charge in [0.05, 0.1) is 14.2 Å². The molecule has 0 heterocycles. The summed E-state index contributed by atoms with van der Waals surface area (Å²) >= 11 is 0. The highest BCUT2D eigenvalue weighted by Gasteiger charge is 2.10. The Morgan fingerprint density at radius 3 is 2.30 bits per heavy atom. The molecule has 1 unspecified atom stereocenters. The molecule has 5 heteroatoms. The van der Waals surface area contributed by atoms with Crippen molar-refractivity contribution in [2.24, 2.45) is 5.92 Å². The number of phenols is 1. The maximum absolute atomic E-state index is 9.82. The Kier molecular flexibility index (Phi) is 7.18. The third kappa shape index (κ3) is 4.90. The third-order valence-electron chi connectivity index (χ3n) is 3.23. The number of aliphatic hydroxyl groups is 1. The standard InChI is InChI=1S/C15H25NO4/c1-11(10-17)5-4-6-16-9-12-7-13(19-2)15(18)14(8-12)20-3/h7-8,11,16-18H,4-6,9-10H2,1-3H3. The van der Waals surface area contributed by atoms with Gasteiger partial charge in [0.1, 0.15) is 0 Å². The molecule has 0 aromatic heterocycles. The Morgan fingerprint density at radius 1 is 1.20 bits per heavy atom. The summed E-state index contributed by atoms with van der Waals surface area (Å²) in [5.74, 6) is 1.20. The van der Waals surface area contributed by atoms with Crippen molar-refractivity contribution in [3.63, 3.8) is 0 Å². The van der Waals surface area contributed by atoms with Crippen LogP contribution in [-0.2, 0) is 6.54 Å². The van der Waals surface area contributed by atoms with Crippen LogP contribution in [0.2, 0.25) is 0 Å². The minimum atomic E-state index is 0.0236. The average molecular weight is 283 g/mol. The molecule has 114 valence electrons. The van der Waals surface area contributed by atoms with Crippen molar-refractivity contribution in [2.75, 3.05) is 27.4 Å². The predicted molar refractivity (Wildman–Crippen MR) is 78.4 cm³/mol. The number of aromatic hydroxyl groups is 1. The lowest BCUT2D eigenvalue weighted by Gasteiger charge is -2.12. The molecule has 0 bridgehead atoms. The zero-order chi connectivity index (χ0) is 15.0. The molecule has 0 fully saturated rings. The maximum Gasteiger partial charge on any atom is 0.200 e. The van der Waals surface area contributed by atoms with Gasteiger partial charge < -0.3 is 25.0 Å². The van der Waals surface area contributed by atoms with Crippen LogP contribution in [0.25, 0.3) is 0 Å². The smallest absolute Gasteiger partial charge is 0.200 e. The molecule has 0 aliphatic carbocycles. The number of nitrogens with one attached hydrogen (secondary N) is 1. The quantitative estimate of drug-likeness (QED) is 0.604. The highest BCUT2D eigenvalue weighted by molar-refractivity contribution is 5.52. The first-order chi connectivity index (χ1) is 9.62. The largest absolute Gasteiger partial charge is 0.502 e. The van der Waals surface area contributed by atoms with Gasteiger partial charge in [-0.05, 0) is 43.0 Å². The van der Waals surface area contributed by atoms with Crippen LogP contribution in [0.15, 0.2) is 12.1 Å². The minimum Gasteiger partial charge on any atom is -0.502 e. The van der Waals surface area contributed by atoms with Crippen molar-refractivity contribution in [3.05, 3.63) is 17.7 Å². The molecule has 0 saturated heterocycles. The van der Waals surface area contributed by atoms with Crippen LogP contribution < -0.4 is 14.8 Å². The second-order valence-electron chi connectivity index (χ2n) is 4.96. The van der Waals surface area contributed by atoms with E-state index in [0.29, 0.717) is 24.0 Å². The van der Waals surface area contributed by atoms with E-state index in [-0.39, 0.29) is 12.4 Å². The molecule has 20 heavy (non-hydrogen) atoms. The molecular formula is C15H25NO4. The van der Waals surface area contributed by atoms with Crippen molar-refractivity contribution >= 4 is 0 Å². The summed E-state index contributed by atoms with van der Waals surface area (Å²) in [4.78, 5) is 0. The van der Waals surface area contributed by atoms with Crippen molar-refractivity contribution < 1.29 is 19.7 Å². The van der Waals surface area contributed by atoms with E-state index in [9.17, 15) is 5.11 Å².